The maximum absolute atomic E-state index is 10.4. The number of carboxylic acid groups (broad SMARTS) is 1. The van der Waals surface area contributed by atoms with Gasteiger partial charge in [-0.1, -0.05) is 6.92 Å². The maximum atomic E-state index is 10.4. The highest BCUT2D eigenvalue weighted by Crippen LogP contribution is 2.17. The molecule has 0 saturated heterocycles. The Bertz CT molecular complexity index is 323. The molecule has 0 aliphatic heterocycles. The zero-order valence-corrected chi connectivity index (χ0v) is 9.25. The first-order valence-corrected chi connectivity index (χ1v) is 5.57. The Hall–Kier alpha value is -1.14. The minimum atomic E-state index is -0.888. The summed E-state index contributed by atoms with van der Waals surface area (Å²) in [4.78, 5) is 14.5. The second-order valence-electron chi connectivity index (χ2n) is 3.15. The van der Waals surface area contributed by atoms with Crippen molar-refractivity contribution in [1.82, 2.24) is 4.98 Å². The number of aliphatic carboxylic acids is 1. The molecule has 0 amide bonds. The standard InChI is InChI=1S/C9H14N2O3S/c1-2-6(4-12)10-9-11-7(5-15-9)3-8(13)14/h5-6,12H,2-4H2,1H3,(H,10,11)(H,13,14). The highest BCUT2D eigenvalue weighted by atomic mass is 32.1. The van der Waals surface area contributed by atoms with Gasteiger partial charge in [0.15, 0.2) is 5.13 Å². The third-order valence-corrected chi connectivity index (χ3v) is 2.75. The average molecular weight is 230 g/mol. The molecule has 15 heavy (non-hydrogen) atoms. The number of hydrogen-bond donors (Lipinski definition) is 3. The van der Waals surface area contributed by atoms with E-state index in [9.17, 15) is 4.79 Å². The van der Waals surface area contributed by atoms with Crippen molar-refractivity contribution in [3.05, 3.63) is 11.1 Å². The number of thiazole rings is 1. The molecule has 0 aliphatic carbocycles. The van der Waals surface area contributed by atoms with Crippen LogP contribution in [0, 0.1) is 0 Å². The summed E-state index contributed by atoms with van der Waals surface area (Å²) < 4.78 is 0. The molecule has 5 nitrogen and oxygen atoms in total. The molecule has 3 N–H and O–H groups in total. The number of rotatable bonds is 6. The molecule has 84 valence electrons. The molecule has 1 aromatic rings. The van der Waals surface area contributed by atoms with E-state index in [1.54, 1.807) is 5.38 Å². The Kier molecular flexibility index (Phi) is 4.51. The molecule has 1 heterocycles. The Labute approximate surface area is 91.8 Å². The fraction of sp³-hybridized carbons (Fsp3) is 0.556. The van der Waals surface area contributed by atoms with E-state index < -0.39 is 5.97 Å². The maximum Gasteiger partial charge on any atom is 0.309 e. The molecule has 1 atom stereocenters. The van der Waals surface area contributed by atoms with Gasteiger partial charge >= 0.3 is 5.97 Å². The molecule has 0 aliphatic rings. The van der Waals surface area contributed by atoms with E-state index in [2.05, 4.69) is 10.3 Å². The summed E-state index contributed by atoms with van der Waals surface area (Å²) in [6.45, 7) is 2.00. The van der Waals surface area contributed by atoms with Crippen molar-refractivity contribution in [2.24, 2.45) is 0 Å². The highest BCUT2D eigenvalue weighted by molar-refractivity contribution is 7.13. The number of anilines is 1. The first-order chi connectivity index (χ1) is 7.15. The molecule has 0 bridgehead atoms. The average Bonchev–Trinajstić information content (AvgIpc) is 2.61. The van der Waals surface area contributed by atoms with Crippen LogP contribution < -0.4 is 5.32 Å². The van der Waals surface area contributed by atoms with E-state index in [0.717, 1.165) is 6.42 Å². The lowest BCUT2D eigenvalue weighted by Gasteiger charge is -2.11. The summed E-state index contributed by atoms with van der Waals surface area (Å²) in [5.74, 6) is -0.888. The van der Waals surface area contributed by atoms with Crippen molar-refractivity contribution in [3.8, 4) is 0 Å². The quantitative estimate of drug-likeness (QED) is 0.678. The predicted octanol–water partition coefficient (Wildman–Crippen LogP) is 0.953. The predicted molar refractivity (Wildman–Crippen MR) is 58.2 cm³/mol. The third kappa shape index (κ3) is 3.85. The number of aliphatic hydroxyl groups is 1. The lowest BCUT2D eigenvalue weighted by atomic mass is 10.2. The topological polar surface area (TPSA) is 82.5 Å². The van der Waals surface area contributed by atoms with Crippen molar-refractivity contribution < 1.29 is 15.0 Å². The summed E-state index contributed by atoms with van der Waals surface area (Å²) in [5, 5.41) is 22.9. The number of carboxylic acids is 1. The van der Waals surface area contributed by atoms with Gasteiger partial charge in [0.1, 0.15) is 0 Å². The van der Waals surface area contributed by atoms with Gasteiger partial charge in [-0.15, -0.1) is 11.3 Å². The van der Waals surface area contributed by atoms with Crippen LogP contribution in [-0.2, 0) is 11.2 Å². The molecule has 1 aromatic heterocycles. The summed E-state index contributed by atoms with van der Waals surface area (Å²) in [5.41, 5.74) is 0.544. The van der Waals surface area contributed by atoms with Crippen molar-refractivity contribution >= 4 is 22.4 Å². The van der Waals surface area contributed by atoms with Crippen LogP contribution in [0.25, 0.3) is 0 Å². The van der Waals surface area contributed by atoms with Gasteiger partial charge in [-0.3, -0.25) is 4.79 Å². The molecule has 6 heteroatoms. The van der Waals surface area contributed by atoms with Gasteiger partial charge in [0.05, 0.1) is 24.8 Å². The second-order valence-corrected chi connectivity index (χ2v) is 4.00. The van der Waals surface area contributed by atoms with Crippen LogP contribution in [0.2, 0.25) is 0 Å². The first-order valence-electron chi connectivity index (χ1n) is 4.69. The zero-order chi connectivity index (χ0) is 11.3. The van der Waals surface area contributed by atoms with Gasteiger partial charge in [-0.25, -0.2) is 4.98 Å². The largest absolute Gasteiger partial charge is 0.481 e. The molecular formula is C9H14N2O3S. The molecular weight excluding hydrogens is 216 g/mol. The van der Waals surface area contributed by atoms with Gasteiger partial charge in [-0.05, 0) is 6.42 Å². The second kappa shape index (κ2) is 5.67. The Morgan fingerprint density at radius 2 is 2.47 bits per heavy atom. The van der Waals surface area contributed by atoms with Crippen LogP contribution in [0.3, 0.4) is 0 Å². The van der Waals surface area contributed by atoms with E-state index >= 15 is 0 Å². The van der Waals surface area contributed by atoms with Crippen molar-refractivity contribution in [2.75, 3.05) is 11.9 Å². The van der Waals surface area contributed by atoms with Crippen molar-refractivity contribution in [3.63, 3.8) is 0 Å². The molecule has 0 saturated carbocycles. The zero-order valence-electron chi connectivity index (χ0n) is 8.43. The highest BCUT2D eigenvalue weighted by Gasteiger charge is 2.09. The van der Waals surface area contributed by atoms with E-state index in [-0.39, 0.29) is 19.1 Å². The summed E-state index contributed by atoms with van der Waals surface area (Å²) in [7, 11) is 0. The van der Waals surface area contributed by atoms with Crippen LogP contribution in [0.5, 0.6) is 0 Å². The van der Waals surface area contributed by atoms with Gasteiger partial charge < -0.3 is 15.5 Å². The normalized spacial score (nSPS) is 12.4. The molecule has 0 aromatic carbocycles. The monoisotopic (exact) mass is 230 g/mol. The number of nitrogens with one attached hydrogen (secondary N) is 1. The summed E-state index contributed by atoms with van der Waals surface area (Å²) >= 11 is 1.35. The Morgan fingerprint density at radius 1 is 1.73 bits per heavy atom. The lowest BCUT2D eigenvalue weighted by Crippen LogP contribution is -2.22. The molecule has 0 spiro atoms. The summed E-state index contributed by atoms with van der Waals surface area (Å²) in [6.07, 6.45) is 0.735. The number of nitrogens with zero attached hydrogens (tertiary/aromatic N) is 1. The van der Waals surface area contributed by atoms with E-state index in [1.165, 1.54) is 11.3 Å². The van der Waals surface area contributed by atoms with Crippen LogP contribution in [-0.4, -0.2) is 33.8 Å². The van der Waals surface area contributed by atoms with Crippen LogP contribution in [0.4, 0.5) is 5.13 Å². The van der Waals surface area contributed by atoms with Crippen molar-refractivity contribution in [1.29, 1.82) is 0 Å². The number of carbonyl (C=O) groups is 1. The molecule has 1 rings (SSSR count). The van der Waals surface area contributed by atoms with E-state index in [4.69, 9.17) is 10.2 Å². The SMILES string of the molecule is CCC(CO)Nc1nc(CC(=O)O)cs1. The van der Waals surface area contributed by atoms with Crippen molar-refractivity contribution in [2.45, 2.75) is 25.8 Å². The number of aliphatic hydroxyl groups excluding tert-OH is 1. The van der Waals surface area contributed by atoms with Crippen LogP contribution >= 0.6 is 11.3 Å². The van der Waals surface area contributed by atoms with Crippen LogP contribution in [0.1, 0.15) is 19.0 Å². The fourth-order valence-corrected chi connectivity index (χ4v) is 1.85. The van der Waals surface area contributed by atoms with E-state index in [0.29, 0.717) is 10.8 Å². The first kappa shape index (κ1) is 11.9. The van der Waals surface area contributed by atoms with E-state index in [1.807, 2.05) is 6.92 Å². The number of hydrogen-bond acceptors (Lipinski definition) is 5. The molecule has 0 fully saturated rings. The minimum Gasteiger partial charge on any atom is -0.481 e. The fourth-order valence-electron chi connectivity index (χ4n) is 1.06. The van der Waals surface area contributed by atoms with Crippen LogP contribution in [0.15, 0.2) is 5.38 Å². The molecule has 1 unspecified atom stereocenters. The third-order valence-electron chi connectivity index (χ3n) is 1.92. The summed E-state index contributed by atoms with van der Waals surface area (Å²) in [6, 6.07) is -0.0196. The van der Waals surface area contributed by atoms with Gasteiger partial charge in [0.2, 0.25) is 0 Å². The van der Waals surface area contributed by atoms with Gasteiger partial charge in [0, 0.05) is 5.38 Å². The lowest BCUT2D eigenvalue weighted by molar-refractivity contribution is -0.136. The smallest absolute Gasteiger partial charge is 0.309 e. The Morgan fingerprint density at radius 3 is 3.00 bits per heavy atom. The van der Waals surface area contributed by atoms with Gasteiger partial charge in [0.25, 0.3) is 0 Å². The molecule has 0 radical (unpaired) electrons. The minimum absolute atomic E-state index is 0.0196. The van der Waals surface area contributed by atoms with Gasteiger partial charge in [-0.2, -0.15) is 0 Å². The Balaban J connectivity index is 2.55. The number of aromatic nitrogens is 1.